The minimum absolute atomic E-state index is 0.0594. The van der Waals surface area contributed by atoms with Crippen LogP contribution in [0.25, 0.3) is 0 Å². The molecule has 2 unspecified atom stereocenters. The van der Waals surface area contributed by atoms with Gasteiger partial charge in [-0.15, -0.1) is 0 Å². The average molecular weight is 146 g/mol. The fraction of sp³-hybridized carbons (Fsp3) is 0.833. The van der Waals surface area contributed by atoms with Crippen molar-refractivity contribution in [1.29, 1.82) is 0 Å². The molecule has 4 nitrogen and oxygen atoms in total. The van der Waals surface area contributed by atoms with Gasteiger partial charge < -0.3 is 5.11 Å². The van der Waals surface area contributed by atoms with E-state index in [-0.39, 0.29) is 5.78 Å². The first-order valence-corrected chi connectivity index (χ1v) is 3.18. The predicted molar refractivity (Wildman–Crippen MR) is 31.8 cm³/mol. The van der Waals surface area contributed by atoms with E-state index in [4.69, 9.17) is 5.11 Å². The normalized spacial score (nSPS) is 33.8. The van der Waals surface area contributed by atoms with Gasteiger partial charge in [0.25, 0.3) is 0 Å². The molecule has 0 saturated carbocycles. The van der Waals surface area contributed by atoms with Crippen LogP contribution < -0.4 is 0 Å². The van der Waals surface area contributed by atoms with E-state index in [2.05, 4.69) is 9.78 Å². The second-order valence-corrected chi connectivity index (χ2v) is 2.31. The summed E-state index contributed by atoms with van der Waals surface area (Å²) >= 11 is 0. The fourth-order valence-electron chi connectivity index (χ4n) is 0.907. The molecule has 1 heterocycles. The Morgan fingerprint density at radius 3 is 2.80 bits per heavy atom. The highest BCUT2D eigenvalue weighted by molar-refractivity contribution is 5.78. The van der Waals surface area contributed by atoms with E-state index >= 15 is 0 Å². The van der Waals surface area contributed by atoms with Crippen molar-refractivity contribution >= 4 is 5.78 Å². The number of ketones is 1. The van der Waals surface area contributed by atoms with Gasteiger partial charge >= 0.3 is 0 Å². The third kappa shape index (κ3) is 1.53. The third-order valence-corrected chi connectivity index (χ3v) is 1.55. The molecule has 58 valence electrons. The molecule has 1 saturated heterocycles. The molecule has 0 spiro atoms. The second kappa shape index (κ2) is 3.09. The Hall–Kier alpha value is -0.450. The van der Waals surface area contributed by atoms with Crippen molar-refractivity contribution in [2.24, 2.45) is 5.92 Å². The molecule has 1 fully saturated rings. The summed E-state index contributed by atoms with van der Waals surface area (Å²) in [6.45, 7) is 1.81. The summed E-state index contributed by atoms with van der Waals surface area (Å²) in [5, 5.41) is 8.97. The molecule has 1 rings (SSSR count). The molecule has 1 aliphatic rings. The summed E-state index contributed by atoms with van der Waals surface area (Å²) in [6.07, 6.45) is -0.539. The molecule has 0 amide bonds. The lowest BCUT2D eigenvalue weighted by Gasteiger charge is -2.23. The fourth-order valence-corrected chi connectivity index (χ4v) is 0.907. The van der Waals surface area contributed by atoms with Crippen molar-refractivity contribution in [2.75, 3.05) is 6.61 Å². The van der Waals surface area contributed by atoms with Gasteiger partial charge in [-0.05, 0) is 13.3 Å². The summed E-state index contributed by atoms with van der Waals surface area (Å²) in [5.74, 6) is -0.468. The van der Waals surface area contributed by atoms with Gasteiger partial charge in [0, 0.05) is 0 Å². The molecule has 0 aliphatic carbocycles. The number of carbonyl (C=O) groups is 1. The summed E-state index contributed by atoms with van der Waals surface area (Å²) in [7, 11) is 0. The zero-order chi connectivity index (χ0) is 7.56. The molecular weight excluding hydrogens is 136 g/mol. The van der Waals surface area contributed by atoms with E-state index in [1.165, 1.54) is 6.92 Å². The van der Waals surface area contributed by atoms with Gasteiger partial charge in [0.2, 0.25) is 0 Å². The minimum atomic E-state index is -1.08. The van der Waals surface area contributed by atoms with Crippen molar-refractivity contribution < 1.29 is 19.7 Å². The smallest absolute Gasteiger partial charge is 0.198 e. The van der Waals surface area contributed by atoms with Gasteiger partial charge in [0.15, 0.2) is 6.29 Å². The summed E-state index contributed by atoms with van der Waals surface area (Å²) in [6, 6.07) is 0. The van der Waals surface area contributed by atoms with Crippen molar-refractivity contribution in [2.45, 2.75) is 19.6 Å². The summed E-state index contributed by atoms with van der Waals surface area (Å²) in [5.41, 5.74) is 0. The van der Waals surface area contributed by atoms with E-state index in [0.29, 0.717) is 13.0 Å². The Balaban J connectivity index is 2.47. The highest BCUT2D eigenvalue weighted by Gasteiger charge is 2.28. The molecule has 2 atom stereocenters. The van der Waals surface area contributed by atoms with E-state index < -0.39 is 12.2 Å². The van der Waals surface area contributed by atoms with Crippen LogP contribution in [0, 0.1) is 5.92 Å². The van der Waals surface area contributed by atoms with Crippen LogP contribution in [0.15, 0.2) is 0 Å². The number of rotatable bonds is 1. The van der Waals surface area contributed by atoms with Crippen molar-refractivity contribution in [3.63, 3.8) is 0 Å². The van der Waals surface area contributed by atoms with Crippen LogP contribution in [0.1, 0.15) is 13.3 Å². The van der Waals surface area contributed by atoms with Gasteiger partial charge in [-0.3, -0.25) is 4.79 Å². The summed E-state index contributed by atoms with van der Waals surface area (Å²) in [4.78, 5) is 19.6. The van der Waals surface area contributed by atoms with Gasteiger partial charge in [0.1, 0.15) is 5.78 Å². The maximum Gasteiger partial charge on any atom is 0.198 e. The van der Waals surface area contributed by atoms with Crippen LogP contribution in [-0.4, -0.2) is 23.8 Å². The number of hydrogen-bond donors (Lipinski definition) is 1. The molecule has 1 N–H and O–H groups in total. The van der Waals surface area contributed by atoms with Crippen LogP contribution >= 0.6 is 0 Å². The predicted octanol–water partition coefficient (Wildman–Crippen LogP) is -0.138. The average Bonchev–Trinajstić information content (AvgIpc) is 1.88. The standard InChI is InChI=1S/C6H10O4/c1-4(7)5-2-3-9-10-6(5)8/h5-6,8H,2-3H2,1H3. The van der Waals surface area contributed by atoms with Crippen LogP contribution in [0.4, 0.5) is 0 Å². The Morgan fingerprint density at radius 1 is 1.70 bits per heavy atom. The molecular formula is C6H10O4. The van der Waals surface area contributed by atoms with E-state index in [9.17, 15) is 4.79 Å². The maximum absolute atomic E-state index is 10.7. The summed E-state index contributed by atoms with van der Waals surface area (Å²) < 4.78 is 0. The van der Waals surface area contributed by atoms with Gasteiger partial charge in [-0.1, -0.05) is 0 Å². The van der Waals surface area contributed by atoms with E-state index in [1.807, 2.05) is 0 Å². The number of Topliss-reactive ketones (excluding diaryl/α,β-unsaturated/α-hetero) is 1. The monoisotopic (exact) mass is 146 g/mol. The van der Waals surface area contributed by atoms with Crippen LogP contribution in [-0.2, 0) is 14.6 Å². The van der Waals surface area contributed by atoms with Crippen molar-refractivity contribution in [3.05, 3.63) is 0 Å². The zero-order valence-electron chi connectivity index (χ0n) is 5.74. The Labute approximate surface area is 58.7 Å². The Bertz CT molecular complexity index is 134. The maximum atomic E-state index is 10.7. The minimum Gasteiger partial charge on any atom is -0.365 e. The Morgan fingerprint density at radius 2 is 2.40 bits per heavy atom. The number of aliphatic hydroxyl groups excluding tert-OH is 1. The van der Waals surface area contributed by atoms with Crippen LogP contribution in [0.3, 0.4) is 0 Å². The highest BCUT2D eigenvalue weighted by atomic mass is 17.2. The second-order valence-electron chi connectivity index (χ2n) is 2.31. The molecule has 0 aromatic rings. The van der Waals surface area contributed by atoms with Gasteiger partial charge in [-0.25, -0.2) is 9.78 Å². The topological polar surface area (TPSA) is 55.8 Å². The number of hydrogen-bond acceptors (Lipinski definition) is 4. The molecule has 0 aromatic carbocycles. The van der Waals surface area contributed by atoms with E-state index in [0.717, 1.165) is 0 Å². The lowest BCUT2D eigenvalue weighted by atomic mass is 10.0. The first-order chi connectivity index (χ1) is 4.72. The van der Waals surface area contributed by atoms with Crippen LogP contribution in [0.5, 0.6) is 0 Å². The van der Waals surface area contributed by atoms with Gasteiger partial charge in [-0.2, -0.15) is 0 Å². The lowest BCUT2D eigenvalue weighted by molar-refractivity contribution is -0.400. The Kier molecular flexibility index (Phi) is 2.37. The zero-order valence-corrected chi connectivity index (χ0v) is 5.74. The molecule has 10 heavy (non-hydrogen) atoms. The number of aliphatic hydroxyl groups is 1. The molecule has 4 heteroatoms. The number of carbonyl (C=O) groups excluding carboxylic acids is 1. The highest BCUT2D eigenvalue weighted by Crippen LogP contribution is 2.16. The SMILES string of the molecule is CC(=O)C1CCOOC1O. The molecule has 0 radical (unpaired) electrons. The van der Waals surface area contributed by atoms with Crippen molar-refractivity contribution in [1.82, 2.24) is 0 Å². The molecule has 0 aromatic heterocycles. The quantitative estimate of drug-likeness (QED) is 0.523. The molecule has 1 aliphatic heterocycles. The van der Waals surface area contributed by atoms with E-state index in [1.54, 1.807) is 0 Å². The van der Waals surface area contributed by atoms with Crippen LogP contribution in [0.2, 0.25) is 0 Å². The first kappa shape index (κ1) is 7.65. The third-order valence-electron chi connectivity index (χ3n) is 1.55. The van der Waals surface area contributed by atoms with Gasteiger partial charge in [0.05, 0.1) is 12.5 Å². The first-order valence-electron chi connectivity index (χ1n) is 3.18. The van der Waals surface area contributed by atoms with Crippen molar-refractivity contribution in [3.8, 4) is 0 Å². The largest absolute Gasteiger partial charge is 0.365 e. The lowest BCUT2D eigenvalue weighted by Crippen LogP contribution is -2.34. The molecule has 0 bridgehead atoms.